The topological polar surface area (TPSA) is 71.1 Å². The summed E-state index contributed by atoms with van der Waals surface area (Å²) in [6, 6.07) is 0. The first kappa shape index (κ1) is 12.0. The van der Waals surface area contributed by atoms with Crippen LogP contribution in [0.2, 0.25) is 0 Å². The molecule has 2 rings (SSSR count). The maximum absolute atomic E-state index is 12.1. The summed E-state index contributed by atoms with van der Waals surface area (Å²) in [5.74, 6) is 1.69. The minimum atomic E-state index is -0.306. The number of hydrogen-bond donors (Lipinski definition) is 1. The van der Waals surface area contributed by atoms with Crippen LogP contribution in [0.3, 0.4) is 0 Å². The number of hydrogen-bond acceptors (Lipinski definition) is 4. The van der Waals surface area contributed by atoms with E-state index in [1.807, 2.05) is 13.8 Å². The number of carbonyl (C=O) groups excluding carboxylic acids is 1. The Kier molecular flexibility index (Phi) is 3.42. The number of carbonyl (C=O) groups is 1. The molecule has 0 spiro atoms. The number of aryl methyl sites for hydroxylation is 1. The first-order chi connectivity index (χ1) is 8.08. The van der Waals surface area contributed by atoms with E-state index in [-0.39, 0.29) is 12.0 Å². The number of likely N-dealkylation sites (N-methyl/N-ethyl adjacent to an activating group) is 1. The number of aromatic nitrogens is 3. The highest BCUT2D eigenvalue weighted by Crippen LogP contribution is 2.21. The van der Waals surface area contributed by atoms with Crippen LogP contribution in [0.5, 0.6) is 0 Å². The van der Waals surface area contributed by atoms with E-state index in [2.05, 4.69) is 15.2 Å². The molecule has 0 bridgehead atoms. The van der Waals surface area contributed by atoms with Crippen LogP contribution in [0.4, 0.5) is 0 Å². The van der Waals surface area contributed by atoms with Crippen LogP contribution in [0.25, 0.3) is 0 Å². The van der Waals surface area contributed by atoms with Crippen LogP contribution in [0.15, 0.2) is 0 Å². The maximum Gasteiger partial charge on any atom is 0.252 e. The van der Waals surface area contributed by atoms with Crippen LogP contribution < -0.4 is 0 Å². The summed E-state index contributed by atoms with van der Waals surface area (Å²) in [7, 11) is 1.75. The lowest BCUT2D eigenvalue weighted by Gasteiger charge is -2.21. The molecule has 6 nitrogen and oxygen atoms in total. The molecule has 1 saturated heterocycles. The summed E-state index contributed by atoms with van der Waals surface area (Å²) >= 11 is 0. The first-order valence-electron chi connectivity index (χ1n) is 5.82. The molecule has 17 heavy (non-hydrogen) atoms. The summed E-state index contributed by atoms with van der Waals surface area (Å²) in [6.45, 7) is 4.96. The Morgan fingerprint density at radius 2 is 2.41 bits per heavy atom. The number of ether oxygens (including phenoxy) is 1. The number of nitrogens with zero attached hydrogens (tertiary/aromatic N) is 3. The molecule has 2 atom stereocenters. The SMILES string of the molecule is Cc1nc(CN(C)C(=O)C2OCCC2C)n[nH]1. The van der Waals surface area contributed by atoms with Crippen molar-refractivity contribution in [1.82, 2.24) is 20.1 Å². The molecule has 1 amide bonds. The zero-order valence-electron chi connectivity index (χ0n) is 10.4. The normalized spacial score (nSPS) is 23.9. The van der Waals surface area contributed by atoms with Gasteiger partial charge in [-0.05, 0) is 19.3 Å². The molecule has 2 heterocycles. The van der Waals surface area contributed by atoms with Crippen LogP contribution in [-0.2, 0) is 16.1 Å². The Bertz CT molecular complexity index is 404. The second-order valence-corrected chi connectivity index (χ2v) is 4.59. The third-order valence-corrected chi connectivity index (χ3v) is 3.03. The standard InChI is InChI=1S/C11H18N4O2/c1-7-4-5-17-10(7)11(16)15(3)6-9-12-8(2)13-14-9/h7,10H,4-6H2,1-3H3,(H,12,13,14). The van der Waals surface area contributed by atoms with Gasteiger partial charge in [-0.1, -0.05) is 6.92 Å². The van der Waals surface area contributed by atoms with Crippen molar-refractivity contribution < 1.29 is 9.53 Å². The van der Waals surface area contributed by atoms with Gasteiger partial charge in [0.1, 0.15) is 11.9 Å². The fraction of sp³-hybridized carbons (Fsp3) is 0.727. The number of aromatic amines is 1. The minimum absolute atomic E-state index is 0.0115. The Morgan fingerprint density at radius 1 is 1.65 bits per heavy atom. The lowest BCUT2D eigenvalue weighted by molar-refractivity contribution is -0.141. The summed E-state index contributed by atoms with van der Waals surface area (Å²) in [6.07, 6.45) is 0.643. The van der Waals surface area contributed by atoms with Gasteiger partial charge in [-0.3, -0.25) is 9.89 Å². The zero-order chi connectivity index (χ0) is 12.4. The molecule has 2 unspecified atom stereocenters. The molecule has 1 aromatic rings. The summed E-state index contributed by atoms with van der Waals surface area (Å²) < 4.78 is 5.45. The maximum atomic E-state index is 12.1. The molecular weight excluding hydrogens is 220 g/mol. The number of rotatable bonds is 3. The monoisotopic (exact) mass is 238 g/mol. The lowest BCUT2D eigenvalue weighted by atomic mass is 10.0. The van der Waals surface area contributed by atoms with Crippen molar-refractivity contribution in [2.45, 2.75) is 32.9 Å². The van der Waals surface area contributed by atoms with Crippen LogP contribution in [-0.4, -0.2) is 45.7 Å². The number of amides is 1. The van der Waals surface area contributed by atoms with Crippen molar-refractivity contribution in [2.75, 3.05) is 13.7 Å². The molecule has 1 aliphatic heterocycles. The van der Waals surface area contributed by atoms with E-state index in [9.17, 15) is 4.79 Å². The fourth-order valence-electron chi connectivity index (χ4n) is 1.98. The van der Waals surface area contributed by atoms with E-state index < -0.39 is 0 Å². The Morgan fingerprint density at radius 3 is 2.94 bits per heavy atom. The molecule has 1 aliphatic rings. The van der Waals surface area contributed by atoms with Crippen molar-refractivity contribution in [3.05, 3.63) is 11.6 Å². The number of H-pyrrole nitrogens is 1. The van der Waals surface area contributed by atoms with E-state index in [1.165, 1.54) is 0 Å². The molecule has 0 aliphatic carbocycles. The lowest BCUT2D eigenvalue weighted by Crippen LogP contribution is -2.38. The molecule has 1 fully saturated rings. The molecular formula is C11H18N4O2. The molecule has 0 radical (unpaired) electrons. The van der Waals surface area contributed by atoms with Gasteiger partial charge in [-0.15, -0.1) is 0 Å². The number of nitrogens with one attached hydrogen (secondary N) is 1. The van der Waals surface area contributed by atoms with Gasteiger partial charge in [0.15, 0.2) is 5.82 Å². The van der Waals surface area contributed by atoms with Crippen LogP contribution in [0, 0.1) is 12.8 Å². The van der Waals surface area contributed by atoms with Crippen LogP contribution in [0.1, 0.15) is 25.0 Å². The van der Waals surface area contributed by atoms with E-state index >= 15 is 0 Å². The highest BCUT2D eigenvalue weighted by molar-refractivity contribution is 5.81. The highest BCUT2D eigenvalue weighted by atomic mass is 16.5. The smallest absolute Gasteiger partial charge is 0.252 e. The quantitative estimate of drug-likeness (QED) is 0.832. The van der Waals surface area contributed by atoms with Gasteiger partial charge in [0, 0.05) is 13.7 Å². The average molecular weight is 238 g/mol. The Balaban J connectivity index is 1.95. The molecule has 1 aromatic heterocycles. The van der Waals surface area contributed by atoms with Crippen LogP contribution >= 0.6 is 0 Å². The summed E-state index contributed by atoms with van der Waals surface area (Å²) in [5.41, 5.74) is 0. The first-order valence-corrected chi connectivity index (χ1v) is 5.82. The molecule has 1 N–H and O–H groups in total. The largest absolute Gasteiger partial charge is 0.368 e. The van der Waals surface area contributed by atoms with Gasteiger partial charge in [-0.25, -0.2) is 4.98 Å². The van der Waals surface area contributed by atoms with Crippen molar-refractivity contribution >= 4 is 5.91 Å². The Labute approximate surface area is 100 Å². The van der Waals surface area contributed by atoms with Gasteiger partial charge in [-0.2, -0.15) is 5.10 Å². The van der Waals surface area contributed by atoms with E-state index in [0.29, 0.717) is 24.9 Å². The van der Waals surface area contributed by atoms with Gasteiger partial charge >= 0.3 is 0 Å². The van der Waals surface area contributed by atoms with E-state index in [4.69, 9.17) is 4.74 Å². The van der Waals surface area contributed by atoms with Crippen molar-refractivity contribution in [1.29, 1.82) is 0 Å². The zero-order valence-corrected chi connectivity index (χ0v) is 10.4. The second-order valence-electron chi connectivity index (χ2n) is 4.59. The van der Waals surface area contributed by atoms with Crippen molar-refractivity contribution in [3.63, 3.8) is 0 Å². The van der Waals surface area contributed by atoms with Gasteiger partial charge in [0.2, 0.25) is 0 Å². The minimum Gasteiger partial charge on any atom is -0.368 e. The summed E-state index contributed by atoms with van der Waals surface area (Å²) in [4.78, 5) is 17.9. The van der Waals surface area contributed by atoms with Gasteiger partial charge in [0.05, 0.1) is 6.54 Å². The van der Waals surface area contributed by atoms with Gasteiger partial charge < -0.3 is 9.64 Å². The predicted molar refractivity (Wildman–Crippen MR) is 61.1 cm³/mol. The molecule has 0 aromatic carbocycles. The third-order valence-electron chi connectivity index (χ3n) is 3.03. The molecule has 6 heteroatoms. The summed E-state index contributed by atoms with van der Waals surface area (Å²) in [5, 5.41) is 6.77. The Hall–Kier alpha value is -1.43. The fourth-order valence-corrected chi connectivity index (χ4v) is 1.98. The molecule has 94 valence electrons. The van der Waals surface area contributed by atoms with E-state index in [0.717, 1.165) is 12.2 Å². The second kappa shape index (κ2) is 4.83. The average Bonchev–Trinajstić information content (AvgIpc) is 2.86. The predicted octanol–water partition coefficient (Wildman–Crippen LogP) is 0.497. The van der Waals surface area contributed by atoms with Crippen molar-refractivity contribution in [2.24, 2.45) is 5.92 Å². The third kappa shape index (κ3) is 2.63. The van der Waals surface area contributed by atoms with Gasteiger partial charge in [0.25, 0.3) is 5.91 Å². The van der Waals surface area contributed by atoms with Crippen molar-refractivity contribution in [3.8, 4) is 0 Å². The van der Waals surface area contributed by atoms with E-state index in [1.54, 1.807) is 11.9 Å². The highest BCUT2D eigenvalue weighted by Gasteiger charge is 2.33. The molecule has 0 saturated carbocycles.